The average Bonchev–Trinajstić information content (AvgIpc) is 3.04. The number of carbonyl (C=O) groups is 4. The zero-order valence-electron chi connectivity index (χ0n) is 19.0. The van der Waals surface area contributed by atoms with Crippen LogP contribution in [-0.2, 0) is 24.3 Å². The molecule has 0 fully saturated rings. The molecule has 10 nitrogen and oxygen atoms in total. The van der Waals surface area contributed by atoms with Gasteiger partial charge < -0.3 is 10.1 Å². The van der Waals surface area contributed by atoms with E-state index in [1.807, 2.05) is 0 Å². The van der Waals surface area contributed by atoms with Gasteiger partial charge in [0.1, 0.15) is 0 Å². The molecule has 3 rings (SSSR count). The molecular formula is C23H25N3O7S. The molecule has 2 aromatic rings. The van der Waals surface area contributed by atoms with Crippen LogP contribution in [0.5, 0.6) is 0 Å². The molecule has 0 bridgehead atoms. The van der Waals surface area contributed by atoms with Crippen molar-refractivity contribution in [2.45, 2.75) is 24.7 Å². The molecule has 1 aliphatic rings. The topological polar surface area (TPSA) is 130 Å². The minimum atomic E-state index is -3.69. The van der Waals surface area contributed by atoms with Gasteiger partial charge in [-0.3, -0.25) is 24.1 Å². The lowest BCUT2D eigenvalue weighted by Gasteiger charge is -2.15. The number of ether oxygens (including phenoxy) is 1. The van der Waals surface area contributed by atoms with Crippen molar-refractivity contribution in [2.75, 3.05) is 32.6 Å². The van der Waals surface area contributed by atoms with Crippen LogP contribution in [0.3, 0.4) is 0 Å². The molecule has 0 saturated carbocycles. The monoisotopic (exact) mass is 487 g/mol. The molecule has 0 aliphatic carbocycles. The van der Waals surface area contributed by atoms with Gasteiger partial charge in [0.15, 0.2) is 6.61 Å². The van der Waals surface area contributed by atoms with Crippen molar-refractivity contribution in [3.63, 3.8) is 0 Å². The number of nitrogens with zero attached hydrogens (tertiary/aromatic N) is 2. The first kappa shape index (κ1) is 25.1. The smallest absolute Gasteiger partial charge is 0.306 e. The van der Waals surface area contributed by atoms with Crippen molar-refractivity contribution in [3.05, 3.63) is 59.2 Å². The Morgan fingerprint density at radius 2 is 1.65 bits per heavy atom. The molecule has 0 aromatic heterocycles. The summed E-state index contributed by atoms with van der Waals surface area (Å²) in [7, 11) is -0.868. The number of rotatable bonds is 9. The van der Waals surface area contributed by atoms with Crippen LogP contribution in [0, 0.1) is 6.92 Å². The van der Waals surface area contributed by atoms with Crippen molar-refractivity contribution in [1.29, 1.82) is 0 Å². The fraction of sp³-hybridized carbons (Fsp3) is 0.304. The number of esters is 1. The molecule has 1 aliphatic heterocycles. The van der Waals surface area contributed by atoms with Crippen LogP contribution in [0.15, 0.2) is 47.4 Å². The highest BCUT2D eigenvalue weighted by atomic mass is 32.2. The van der Waals surface area contributed by atoms with E-state index in [4.69, 9.17) is 4.74 Å². The van der Waals surface area contributed by atoms with E-state index < -0.39 is 40.3 Å². The van der Waals surface area contributed by atoms with Gasteiger partial charge in [0.2, 0.25) is 10.0 Å². The number of anilines is 1. The lowest BCUT2D eigenvalue weighted by atomic mass is 10.1. The summed E-state index contributed by atoms with van der Waals surface area (Å²) in [6.45, 7) is 1.14. The largest absolute Gasteiger partial charge is 0.456 e. The normalized spacial score (nSPS) is 13.2. The van der Waals surface area contributed by atoms with E-state index in [-0.39, 0.29) is 30.0 Å². The van der Waals surface area contributed by atoms with Gasteiger partial charge in [-0.05, 0) is 43.2 Å². The van der Waals surface area contributed by atoms with Gasteiger partial charge in [0.05, 0.1) is 16.0 Å². The van der Waals surface area contributed by atoms with E-state index in [2.05, 4.69) is 5.32 Å². The Bertz CT molecular complexity index is 1220. The highest BCUT2D eigenvalue weighted by molar-refractivity contribution is 7.89. The van der Waals surface area contributed by atoms with Crippen LogP contribution in [0.25, 0.3) is 0 Å². The van der Waals surface area contributed by atoms with Crippen LogP contribution < -0.4 is 5.32 Å². The van der Waals surface area contributed by atoms with Crippen LogP contribution in [0.2, 0.25) is 0 Å². The fourth-order valence-corrected chi connectivity index (χ4v) is 4.54. The number of aryl methyl sites for hydroxylation is 1. The molecule has 0 spiro atoms. The van der Waals surface area contributed by atoms with Crippen molar-refractivity contribution < 1.29 is 32.3 Å². The zero-order chi connectivity index (χ0) is 25.0. The summed E-state index contributed by atoms with van der Waals surface area (Å²) >= 11 is 0. The molecule has 180 valence electrons. The molecule has 1 heterocycles. The number of imide groups is 1. The van der Waals surface area contributed by atoms with Crippen LogP contribution in [0.1, 0.15) is 39.1 Å². The molecule has 34 heavy (non-hydrogen) atoms. The number of carbonyl (C=O) groups excluding carboxylic acids is 4. The Morgan fingerprint density at radius 1 is 1.03 bits per heavy atom. The summed E-state index contributed by atoms with van der Waals surface area (Å²) < 4.78 is 30.8. The number of nitrogens with one attached hydrogen (secondary N) is 1. The molecular weight excluding hydrogens is 462 g/mol. The molecule has 2 aromatic carbocycles. The van der Waals surface area contributed by atoms with E-state index in [1.54, 1.807) is 43.3 Å². The molecule has 11 heteroatoms. The standard InChI is InChI=1S/C23H25N3O7S/c1-15-10-11-16(13-19(15)34(31,32)25(2)3)24-20(27)14-33-21(28)9-6-12-26-22(29)17-7-4-5-8-18(17)23(26)30/h4-5,7-8,10-11,13H,6,9,12,14H2,1-3H3,(H,24,27). The number of fused-ring (bicyclic) bond motifs is 1. The van der Waals surface area contributed by atoms with Gasteiger partial charge in [-0.25, -0.2) is 12.7 Å². The molecule has 0 saturated heterocycles. The second-order valence-electron chi connectivity index (χ2n) is 7.89. The summed E-state index contributed by atoms with van der Waals surface area (Å²) in [5, 5.41) is 2.50. The third kappa shape index (κ3) is 5.32. The highest BCUT2D eigenvalue weighted by Gasteiger charge is 2.34. The predicted octanol–water partition coefficient (Wildman–Crippen LogP) is 1.80. The van der Waals surface area contributed by atoms with Gasteiger partial charge in [-0.1, -0.05) is 18.2 Å². The Morgan fingerprint density at radius 3 is 2.24 bits per heavy atom. The SMILES string of the molecule is Cc1ccc(NC(=O)COC(=O)CCCN2C(=O)c3ccccc3C2=O)cc1S(=O)(=O)N(C)C. The quantitative estimate of drug-likeness (QED) is 0.422. The van der Waals surface area contributed by atoms with Crippen molar-refractivity contribution >= 4 is 39.4 Å². The van der Waals surface area contributed by atoms with Crippen molar-refractivity contribution in [3.8, 4) is 0 Å². The molecule has 0 unspecified atom stereocenters. The Hall–Kier alpha value is -3.57. The van der Waals surface area contributed by atoms with Gasteiger partial charge in [0.25, 0.3) is 17.7 Å². The second-order valence-corrected chi connectivity index (χ2v) is 10.0. The average molecular weight is 488 g/mol. The maximum absolute atomic E-state index is 12.4. The first-order valence-electron chi connectivity index (χ1n) is 10.5. The van der Waals surface area contributed by atoms with Gasteiger partial charge in [-0.2, -0.15) is 0 Å². The van der Waals surface area contributed by atoms with E-state index >= 15 is 0 Å². The maximum Gasteiger partial charge on any atom is 0.306 e. The van der Waals surface area contributed by atoms with Crippen molar-refractivity contribution in [2.24, 2.45) is 0 Å². The minimum Gasteiger partial charge on any atom is -0.456 e. The Kier molecular flexibility index (Phi) is 7.48. The van der Waals surface area contributed by atoms with E-state index in [0.717, 1.165) is 9.21 Å². The van der Waals surface area contributed by atoms with Gasteiger partial charge >= 0.3 is 5.97 Å². The van der Waals surface area contributed by atoms with Gasteiger partial charge in [-0.15, -0.1) is 0 Å². The van der Waals surface area contributed by atoms with E-state index in [9.17, 15) is 27.6 Å². The first-order chi connectivity index (χ1) is 16.0. The lowest BCUT2D eigenvalue weighted by Crippen LogP contribution is -2.31. The third-order valence-electron chi connectivity index (χ3n) is 5.24. The molecule has 3 amide bonds. The summed E-state index contributed by atoms with van der Waals surface area (Å²) in [5.74, 6) is -2.10. The summed E-state index contributed by atoms with van der Waals surface area (Å²) in [5.41, 5.74) is 1.45. The minimum absolute atomic E-state index is 0.0557. The van der Waals surface area contributed by atoms with Crippen LogP contribution >= 0.6 is 0 Å². The number of benzene rings is 2. The van der Waals surface area contributed by atoms with E-state index in [0.29, 0.717) is 16.7 Å². The Balaban J connectivity index is 1.47. The first-order valence-corrected chi connectivity index (χ1v) is 11.9. The number of amides is 3. The number of sulfonamides is 1. The predicted molar refractivity (Wildman–Crippen MR) is 123 cm³/mol. The highest BCUT2D eigenvalue weighted by Crippen LogP contribution is 2.23. The Labute approximate surface area is 197 Å². The number of hydrogen-bond acceptors (Lipinski definition) is 7. The third-order valence-corrected chi connectivity index (χ3v) is 7.19. The molecule has 0 radical (unpaired) electrons. The maximum atomic E-state index is 12.4. The zero-order valence-corrected chi connectivity index (χ0v) is 19.8. The fourth-order valence-electron chi connectivity index (χ4n) is 3.39. The van der Waals surface area contributed by atoms with Gasteiger partial charge in [0, 0.05) is 32.7 Å². The summed E-state index contributed by atoms with van der Waals surface area (Å²) in [6.07, 6.45) is 0.103. The second kappa shape index (κ2) is 10.1. The summed E-state index contributed by atoms with van der Waals surface area (Å²) in [4.78, 5) is 49.9. The number of hydrogen-bond donors (Lipinski definition) is 1. The van der Waals surface area contributed by atoms with Crippen LogP contribution in [0.4, 0.5) is 5.69 Å². The van der Waals surface area contributed by atoms with Crippen molar-refractivity contribution in [1.82, 2.24) is 9.21 Å². The van der Waals surface area contributed by atoms with E-state index in [1.165, 1.54) is 20.2 Å². The summed E-state index contributed by atoms with van der Waals surface area (Å²) in [6, 6.07) is 11.0. The van der Waals surface area contributed by atoms with Crippen LogP contribution in [-0.4, -0.2) is 68.6 Å². The molecule has 0 atom stereocenters. The lowest BCUT2D eigenvalue weighted by molar-refractivity contribution is -0.147. The molecule has 1 N–H and O–H groups in total.